The molecule has 1 aromatic heterocycles. The third-order valence-corrected chi connectivity index (χ3v) is 5.61. The van der Waals surface area contributed by atoms with Gasteiger partial charge in [-0.1, -0.05) is 30.3 Å². The summed E-state index contributed by atoms with van der Waals surface area (Å²) in [7, 11) is 1.57. The first-order valence-electron chi connectivity index (χ1n) is 8.73. The molecule has 0 saturated carbocycles. The number of likely N-dealkylation sites (N-methyl/N-ethyl adjacent to an activating group) is 1. The van der Waals surface area contributed by atoms with Crippen molar-refractivity contribution >= 4 is 29.1 Å². The van der Waals surface area contributed by atoms with Crippen LogP contribution in [0.25, 0.3) is 10.6 Å². The first kappa shape index (κ1) is 19.0. The Morgan fingerprint density at radius 3 is 2.74 bits per heavy atom. The zero-order valence-corrected chi connectivity index (χ0v) is 15.8. The van der Waals surface area contributed by atoms with E-state index < -0.39 is 11.9 Å². The van der Waals surface area contributed by atoms with Gasteiger partial charge in [0.1, 0.15) is 9.88 Å². The predicted molar refractivity (Wildman–Crippen MR) is 101 cm³/mol. The van der Waals surface area contributed by atoms with Gasteiger partial charge in [0.15, 0.2) is 0 Å². The molecule has 0 aliphatic carbocycles. The number of aromatic nitrogens is 1. The van der Waals surface area contributed by atoms with E-state index in [4.69, 9.17) is 5.11 Å². The van der Waals surface area contributed by atoms with Crippen molar-refractivity contribution in [1.29, 1.82) is 0 Å². The van der Waals surface area contributed by atoms with E-state index in [-0.39, 0.29) is 24.9 Å². The molecule has 0 radical (unpaired) electrons. The molecule has 142 valence electrons. The van der Waals surface area contributed by atoms with Crippen molar-refractivity contribution in [1.82, 2.24) is 14.8 Å². The van der Waals surface area contributed by atoms with E-state index in [1.165, 1.54) is 27.3 Å². The fraction of sp³-hybridized carbons (Fsp3) is 0.368. The highest BCUT2D eigenvalue weighted by molar-refractivity contribution is 7.16. The first-order valence-corrected chi connectivity index (χ1v) is 9.54. The molecule has 2 heterocycles. The van der Waals surface area contributed by atoms with Crippen molar-refractivity contribution in [3.05, 3.63) is 41.4 Å². The molecule has 27 heavy (non-hydrogen) atoms. The molecule has 8 heteroatoms. The molecule has 2 amide bonds. The topological polar surface area (TPSA) is 90.8 Å². The van der Waals surface area contributed by atoms with E-state index in [1.54, 1.807) is 7.05 Å². The average Bonchev–Trinajstić information content (AvgIpc) is 3.18. The number of piperidine rings is 1. The van der Waals surface area contributed by atoms with Crippen molar-refractivity contribution in [3.8, 4) is 10.6 Å². The zero-order chi connectivity index (χ0) is 19.4. The Labute approximate surface area is 161 Å². The minimum atomic E-state index is -0.880. The van der Waals surface area contributed by atoms with Crippen LogP contribution in [0, 0.1) is 5.92 Å². The van der Waals surface area contributed by atoms with Crippen LogP contribution in [0.5, 0.6) is 0 Å². The molecule has 1 N–H and O–H groups in total. The Morgan fingerprint density at radius 2 is 2.04 bits per heavy atom. The van der Waals surface area contributed by atoms with Gasteiger partial charge in [-0.15, -0.1) is 11.3 Å². The van der Waals surface area contributed by atoms with Gasteiger partial charge >= 0.3 is 5.97 Å². The van der Waals surface area contributed by atoms with Crippen molar-refractivity contribution in [2.24, 2.45) is 5.92 Å². The molecule has 1 saturated heterocycles. The van der Waals surface area contributed by atoms with Gasteiger partial charge in [-0.25, -0.2) is 4.98 Å². The summed E-state index contributed by atoms with van der Waals surface area (Å²) in [4.78, 5) is 43.9. The quantitative estimate of drug-likeness (QED) is 0.849. The summed E-state index contributed by atoms with van der Waals surface area (Å²) in [5, 5.41) is 9.89. The first-order chi connectivity index (χ1) is 13.0. The minimum Gasteiger partial charge on any atom is -0.481 e. The monoisotopic (exact) mass is 387 g/mol. The van der Waals surface area contributed by atoms with Gasteiger partial charge in [0.05, 0.1) is 18.7 Å². The van der Waals surface area contributed by atoms with Gasteiger partial charge in [-0.2, -0.15) is 0 Å². The fourth-order valence-corrected chi connectivity index (χ4v) is 3.97. The fourth-order valence-electron chi connectivity index (χ4n) is 3.06. The minimum absolute atomic E-state index is 0.0796. The number of carboxylic acid groups (broad SMARTS) is 1. The summed E-state index contributed by atoms with van der Waals surface area (Å²) in [6.45, 7) is 0.655. The second kappa shape index (κ2) is 8.30. The maximum Gasteiger partial charge on any atom is 0.308 e. The SMILES string of the molecule is CN(CC(=O)N1CCCC(C(=O)O)C1)C(=O)c1cnc(-c2ccccc2)s1. The summed E-state index contributed by atoms with van der Waals surface area (Å²) in [5.41, 5.74) is 0.938. The van der Waals surface area contributed by atoms with Gasteiger partial charge in [-0.3, -0.25) is 14.4 Å². The molecule has 1 fully saturated rings. The second-order valence-corrected chi connectivity index (χ2v) is 7.60. The second-order valence-electron chi connectivity index (χ2n) is 6.57. The van der Waals surface area contributed by atoms with Gasteiger partial charge in [-0.05, 0) is 12.8 Å². The van der Waals surface area contributed by atoms with E-state index >= 15 is 0 Å². The van der Waals surface area contributed by atoms with Gasteiger partial charge in [0.25, 0.3) is 5.91 Å². The van der Waals surface area contributed by atoms with Gasteiger partial charge < -0.3 is 14.9 Å². The smallest absolute Gasteiger partial charge is 0.308 e. The number of likely N-dealkylation sites (tertiary alicyclic amines) is 1. The number of carbonyl (C=O) groups is 3. The summed E-state index contributed by atoms with van der Waals surface area (Å²) < 4.78 is 0. The van der Waals surface area contributed by atoms with Crippen molar-refractivity contribution in [2.75, 3.05) is 26.7 Å². The lowest BCUT2D eigenvalue weighted by Crippen LogP contribution is -2.46. The molecule has 1 unspecified atom stereocenters. The number of carboxylic acids is 1. The molecule has 0 spiro atoms. The number of nitrogens with zero attached hydrogens (tertiary/aromatic N) is 3. The number of aliphatic carboxylic acids is 1. The van der Waals surface area contributed by atoms with Crippen LogP contribution >= 0.6 is 11.3 Å². The van der Waals surface area contributed by atoms with Gasteiger partial charge in [0.2, 0.25) is 5.91 Å². The number of benzene rings is 1. The van der Waals surface area contributed by atoms with Crippen molar-refractivity contribution in [3.63, 3.8) is 0 Å². The Kier molecular flexibility index (Phi) is 5.85. The molecule has 2 aromatic rings. The van der Waals surface area contributed by atoms with Crippen LogP contribution in [0.15, 0.2) is 36.5 Å². The summed E-state index contributed by atoms with van der Waals surface area (Å²) >= 11 is 1.28. The highest BCUT2D eigenvalue weighted by Crippen LogP contribution is 2.25. The van der Waals surface area contributed by atoms with E-state index in [9.17, 15) is 14.4 Å². The van der Waals surface area contributed by atoms with Crippen molar-refractivity contribution in [2.45, 2.75) is 12.8 Å². The number of hydrogen-bond acceptors (Lipinski definition) is 5. The number of thiazole rings is 1. The maximum absolute atomic E-state index is 12.6. The lowest BCUT2D eigenvalue weighted by Gasteiger charge is -2.31. The third kappa shape index (κ3) is 4.51. The van der Waals surface area contributed by atoms with Gasteiger partial charge in [0, 0.05) is 25.7 Å². The van der Waals surface area contributed by atoms with E-state index in [1.807, 2.05) is 30.3 Å². The van der Waals surface area contributed by atoms with Crippen LogP contribution in [0.4, 0.5) is 0 Å². The van der Waals surface area contributed by atoms with E-state index in [0.717, 1.165) is 10.6 Å². The average molecular weight is 387 g/mol. The Morgan fingerprint density at radius 1 is 1.30 bits per heavy atom. The van der Waals surface area contributed by atoms with Crippen LogP contribution in [-0.2, 0) is 9.59 Å². The summed E-state index contributed by atoms with van der Waals surface area (Å²) in [6, 6.07) is 9.58. The Hall–Kier alpha value is -2.74. The normalized spacial score (nSPS) is 16.8. The summed E-state index contributed by atoms with van der Waals surface area (Å²) in [6.07, 6.45) is 2.77. The molecular weight excluding hydrogens is 366 g/mol. The third-order valence-electron chi connectivity index (χ3n) is 4.58. The molecule has 0 bridgehead atoms. The standard InChI is InChI=1S/C19H21N3O4S/c1-21(12-16(23)22-9-5-8-14(11-22)19(25)26)18(24)15-10-20-17(27-15)13-6-3-2-4-7-13/h2-4,6-7,10,14H,5,8-9,11-12H2,1H3,(H,25,26). The van der Waals surface area contributed by atoms with Crippen LogP contribution in [0.3, 0.4) is 0 Å². The Bertz CT molecular complexity index is 836. The van der Waals surface area contributed by atoms with Crippen LogP contribution in [0.2, 0.25) is 0 Å². The predicted octanol–water partition coefficient (Wildman–Crippen LogP) is 2.21. The number of amides is 2. The molecular formula is C19H21N3O4S. The van der Waals surface area contributed by atoms with Crippen LogP contribution in [0.1, 0.15) is 22.5 Å². The lowest BCUT2D eigenvalue weighted by molar-refractivity contribution is -0.145. The molecule has 1 atom stereocenters. The number of hydrogen-bond donors (Lipinski definition) is 1. The summed E-state index contributed by atoms with van der Waals surface area (Å²) in [5.74, 6) is -1.91. The lowest BCUT2D eigenvalue weighted by atomic mass is 9.98. The largest absolute Gasteiger partial charge is 0.481 e. The highest BCUT2D eigenvalue weighted by Gasteiger charge is 2.29. The molecule has 7 nitrogen and oxygen atoms in total. The highest BCUT2D eigenvalue weighted by atomic mass is 32.1. The van der Waals surface area contributed by atoms with Crippen molar-refractivity contribution < 1.29 is 19.5 Å². The molecule has 3 rings (SSSR count). The van der Waals surface area contributed by atoms with Crippen LogP contribution in [-0.4, -0.2) is 64.4 Å². The van der Waals surface area contributed by atoms with E-state index in [0.29, 0.717) is 24.3 Å². The van der Waals surface area contributed by atoms with E-state index in [2.05, 4.69) is 4.98 Å². The Balaban J connectivity index is 1.61. The van der Waals surface area contributed by atoms with Crippen LogP contribution < -0.4 is 0 Å². The molecule has 1 aliphatic heterocycles. The molecule has 1 aliphatic rings. The maximum atomic E-state index is 12.6. The number of rotatable bonds is 5. The number of carbonyl (C=O) groups excluding carboxylic acids is 2. The zero-order valence-electron chi connectivity index (χ0n) is 15.0. The molecule has 1 aromatic carbocycles.